The van der Waals surface area contributed by atoms with Gasteiger partial charge in [-0.2, -0.15) is 0 Å². The Labute approximate surface area is 83.1 Å². The van der Waals surface area contributed by atoms with Gasteiger partial charge in [-0.15, -0.1) is 17.4 Å². The molecule has 0 saturated carbocycles. The van der Waals surface area contributed by atoms with E-state index < -0.39 is 0 Å². The second-order valence-corrected chi connectivity index (χ2v) is 2.83. The fraction of sp³-hybridized carbons (Fsp3) is 0.556. The Morgan fingerprint density at radius 2 is 2.50 bits per heavy atom. The summed E-state index contributed by atoms with van der Waals surface area (Å²) in [6, 6.07) is 0. The first-order valence-electron chi connectivity index (χ1n) is 4.51. The van der Waals surface area contributed by atoms with E-state index in [9.17, 15) is 0 Å². The molecule has 0 radical (unpaired) electrons. The van der Waals surface area contributed by atoms with Crippen molar-refractivity contribution in [2.24, 2.45) is 0 Å². The standard InChI is InChI=1S/C9H14N4O/c1-2-3-4-10-7-9-8-13(5-6-14)12-11-9/h1,8,10,14H,3-7H2. The topological polar surface area (TPSA) is 63.0 Å². The fourth-order valence-electron chi connectivity index (χ4n) is 1.01. The minimum absolute atomic E-state index is 0.0767. The Morgan fingerprint density at radius 3 is 3.21 bits per heavy atom. The Morgan fingerprint density at radius 1 is 1.64 bits per heavy atom. The lowest BCUT2D eigenvalue weighted by atomic mass is 10.4. The molecule has 0 amide bonds. The quantitative estimate of drug-likeness (QED) is 0.468. The third-order valence-corrected chi connectivity index (χ3v) is 1.67. The van der Waals surface area contributed by atoms with Crippen LogP contribution in [0.5, 0.6) is 0 Å². The third kappa shape index (κ3) is 3.56. The number of aromatic nitrogens is 3. The van der Waals surface area contributed by atoms with Crippen molar-refractivity contribution in [1.29, 1.82) is 0 Å². The first kappa shape index (κ1) is 10.7. The van der Waals surface area contributed by atoms with Gasteiger partial charge < -0.3 is 10.4 Å². The number of rotatable bonds is 6. The van der Waals surface area contributed by atoms with Gasteiger partial charge in [-0.1, -0.05) is 5.21 Å². The van der Waals surface area contributed by atoms with Crippen LogP contribution in [0.2, 0.25) is 0 Å². The monoisotopic (exact) mass is 194 g/mol. The molecule has 0 aromatic carbocycles. The van der Waals surface area contributed by atoms with Crippen LogP contribution in [-0.4, -0.2) is 33.3 Å². The molecule has 14 heavy (non-hydrogen) atoms. The number of hydrogen-bond donors (Lipinski definition) is 2. The van der Waals surface area contributed by atoms with Gasteiger partial charge in [-0.05, 0) is 0 Å². The van der Waals surface area contributed by atoms with Crippen LogP contribution in [0.4, 0.5) is 0 Å². The molecule has 0 aliphatic heterocycles. The summed E-state index contributed by atoms with van der Waals surface area (Å²) in [7, 11) is 0. The SMILES string of the molecule is C#CCCNCc1cn(CCO)nn1. The fourth-order valence-corrected chi connectivity index (χ4v) is 1.01. The van der Waals surface area contributed by atoms with E-state index in [0.717, 1.165) is 12.2 Å². The van der Waals surface area contributed by atoms with Gasteiger partial charge in [0.25, 0.3) is 0 Å². The summed E-state index contributed by atoms with van der Waals surface area (Å²) in [6.07, 6.45) is 7.62. The Hall–Kier alpha value is -1.38. The summed E-state index contributed by atoms with van der Waals surface area (Å²) in [5.74, 6) is 2.54. The first-order chi connectivity index (χ1) is 6.86. The van der Waals surface area contributed by atoms with Gasteiger partial charge in [0, 0.05) is 25.7 Å². The van der Waals surface area contributed by atoms with E-state index in [-0.39, 0.29) is 6.61 Å². The first-order valence-corrected chi connectivity index (χ1v) is 4.51. The summed E-state index contributed by atoms with van der Waals surface area (Å²) >= 11 is 0. The second kappa shape index (κ2) is 6.13. The van der Waals surface area contributed by atoms with Crippen molar-refractivity contribution in [2.75, 3.05) is 13.2 Å². The van der Waals surface area contributed by atoms with Gasteiger partial charge in [0.2, 0.25) is 0 Å². The molecular weight excluding hydrogens is 180 g/mol. The van der Waals surface area contributed by atoms with E-state index in [1.54, 1.807) is 10.9 Å². The van der Waals surface area contributed by atoms with Gasteiger partial charge in [0.15, 0.2) is 0 Å². The molecule has 76 valence electrons. The molecule has 0 aliphatic rings. The number of nitrogens with one attached hydrogen (secondary N) is 1. The van der Waals surface area contributed by atoms with Crippen LogP contribution >= 0.6 is 0 Å². The minimum atomic E-state index is 0.0767. The van der Waals surface area contributed by atoms with Gasteiger partial charge >= 0.3 is 0 Å². The van der Waals surface area contributed by atoms with Crippen molar-refractivity contribution in [2.45, 2.75) is 19.5 Å². The van der Waals surface area contributed by atoms with E-state index >= 15 is 0 Å². The highest BCUT2D eigenvalue weighted by atomic mass is 16.3. The summed E-state index contributed by atoms with van der Waals surface area (Å²) in [5.41, 5.74) is 0.857. The van der Waals surface area contributed by atoms with E-state index in [2.05, 4.69) is 21.5 Å². The molecule has 1 aromatic heterocycles. The maximum Gasteiger partial charge on any atom is 0.0964 e. The van der Waals surface area contributed by atoms with E-state index in [1.807, 2.05) is 0 Å². The Bertz CT molecular complexity index is 302. The van der Waals surface area contributed by atoms with Gasteiger partial charge in [-0.3, -0.25) is 0 Å². The van der Waals surface area contributed by atoms with Crippen LogP contribution in [0.25, 0.3) is 0 Å². The van der Waals surface area contributed by atoms with Crippen LogP contribution in [0.15, 0.2) is 6.20 Å². The van der Waals surface area contributed by atoms with Crippen LogP contribution < -0.4 is 5.32 Å². The summed E-state index contributed by atoms with van der Waals surface area (Å²) in [6.45, 7) is 2.00. The molecule has 0 bridgehead atoms. The van der Waals surface area contributed by atoms with Gasteiger partial charge in [0.05, 0.1) is 18.8 Å². The molecular formula is C9H14N4O. The zero-order chi connectivity index (χ0) is 10.2. The Kier molecular flexibility index (Phi) is 4.69. The normalized spacial score (nSPS) is 10.0. The minimum Gasteiger partial charge on any atom is -0.394 e. The highest BCUT2D eigenvalue weighted by Crippen LogP contribution is 1.91. The van der Waals surface area contributed by atoms with Gasteiger partial charge in [-0.25, -0.2) is 4.68 Å². The molecule has 0 fully saturated rings. The van der Waals surface area contributed by atoms with Gasteiger partial charge in [0.1, 0.15) is 0 Å². The number of aliphatic hydroxyl groups excluding tert-OH is 1. The van der Waals surface area contributed by atoms with E-state index in [4.69, 9.17) is 11.5 Å². The van der Waals surface area contributed by atoms with Crippen LogP contribution in [0.1, 0.15) is 12.1 Å². The molecule has 5 heteroatoms. The lowest BCUT2D eigenvalue weighted by Gasteiger charge is -1.97. The zero-order valence-electron chi connectivity index (χ0n) is 7.98. The number of hydrogen-bond acceptors (Lipinski definition) is 4. The number of nitrogens with zero attached hydrogens (tertiary/aromatic N) is 3. The van der Waals surface area contributed by atoms with Crippen LogP contribution in [0, 0.1) is 12.3 Å². The van der Waals surface area contributed by atoms with Crippen molar-refractivity contribution in [3.05, 3.63) is 11.9 Å². The van der Waals surface area contributed by atoms with E-state index in [1.165, 1.54) is 0 Å². The summed E-state index contributed by atoms with van der Waals surface area (Å²) in [4.78, 5) is 0. The third-order valence-electron chi connectivity index (χ3n) is 1.67. The van der Waals surface area contributed by atoms with Crippen molar-refractivity contribution in [3.8, 4) is 12.3 Å². The Balaban J connectivity index is 2.26. The number of aliphatic hydroxyl groups is 1. The molecule has 0 unspecified atom stereocenters. The van der Waals surface area contributed by atoms with Crippen molar-refractivity contribution >= 4 is 0 Å². The molecule has 0 atom stereocenters. The molecule has 1 aromatic rings. The average molecular weight is 194 g/mol. The molecule has 0 spiro atoms. The number of terminal acetylenes is 1. The van der Waals surface area contributed by atoms with E-state index in [0.29, 0.717) is 19.5 Å². The molecule has 1 heterocycles. The predicted molar refractivity (Wildman–Crippen MR) is 52.3 cm³/mol. The summed E-state index contributed by atoms with van der Waals surface area (Å²) in [5, 5.41) is 19.5. The van der Waals surface area contributed by atoms with Crippen molar-refractivity contribution in [3.63, 3.8) is 0 Å². The second-order valence-electron chi connectivity index (χ2n) is 2.83. The largest absolute Gasteiger partial charge is 0.394 e. The maximum atomic E-state index is 8.65. The maximum absolute atomic E-state index is 8.65. The lowest BCUT2D eigenvalue weighted by molar-refractivity contribution is 0.268. The summed E-state index contributed by atoms with van der Waals surface area (Å²) < 4.78 is 1.61. The molecule has 2 N–H and O–H groups in total. The molecule has 5 nitrogen and oxygen atoms in total. The average Bonchev–Trinajstić information content (AvgIpc) is 2.61. The zero-order valence-corrected chi connectivity index (χ0v) is 7.98. The lowest BCUT2D eigenvalue weighted by Crippen LogP contribution is -2.14. The van der Waals surface area contributed by atoms with Crippen LogP contribution in [0.3, 0.4) is 0 Å². The van der Waals surface area contributed by atoms with Crippen molar-refractivity contribution < 1.29 is 5.11 Å². The van der Waals surface area contributed by atoms with Crippen molar-refractivity contribution in [1.82, 2.24) is 20.3 Å². The predicted octanol–water partition coefficient (Wildman–Crippen LogP) is -0.617. The molecule has 0 aliphatic carbocycles. The smallest absolute Gasteiger partial charge is 0.0964 e. The highest BCUT2D eigenvalue weighted by Gasteiger charge is 1.98. The van der Waals surface area contributed by atoms with Crippen LogP contribution in [-0.2, 0) is 13.1 Å². The molecule has 1 rings (SSSR count). The molecule has 0 saturated heterocycles. The highest BCUT2D eigenvalue weighted by molar-refractivity contribution is 4.92.